The Morgan fingerprint density at radius 2 is 1.94 bits per heavy atom. The van der Waals surface area contributed by atoms with E-state index in [-0.39, 0.29) is 0 Å². The lowest BCUT2D eigenvalue weighted by Gasteiger charge is -1.99. The van der Waals surface area contributed by atoms with Crippen molar-refractivity contribution in [2.24, 2.45) is 4.99 Å². The summed E-state index contributed by atoms with van der Waals surface area (Å²) in [5.74, 6) is 0.356. The van der Waals surface area contributed by atoms with Gasteiger partial charge in [0, 0.05) is 5.02 Å². The molecule has 0 spiro atoms. The van der Waals surface area contributed by atoms with Gasteiger partial charge in [0.05, 0.1) is 12.0 Å². The van der Waals surface area contributed by atoms with E-state index in [0.717, 1.165) is 11.0 Å². The highest BCUT2D eigenvalue weighted by Crippen LogP contribution is 2.10. The molecule has 0 fully saturated rings. The molecule has 1 aromatic carbocycles. The minimum Gasteiger partial charge on any atom is -0.264 e. The molecule has 0 unspecified atom stereocenters. The second-order valence-electron chi connectivity index (χ2n) is 3.28. The van der Waals surface area contributed by atoms with Crippen LogP contribution >= 0.6 is 11.6 Å². The van der Waals surface area contributed by atoms with Crippen LogP contribution in [0.4, 0.5) is 0 Å². The molecule has 84 valence electrons. The van der Waals surface area contributed by atoms with Gasteiger partial charge < -0.3 is 0 Å². The van der Waals surface area contributed by atoms with Crippen LogP contribution in [0.5, 0.6) is 0 Å². The molecule has 0 aromatic heterocycles. The molecule has 1 aromatic rings. The van der Waals surface area contributed by atoms with Crippen LogP contribution in [0.2, 0.25) is 5.02 Å². The van der Waals surface area contributed by atoms with Gasteiger partial charge in [-0.05, 0) is 23.8 Å². The van der Waals surface area contributed by atoms with E-state index >= 15 is 0 Å². The number of nitrogens with zero attached hydrogens (tertiary/aromatic N) is 1. The summed E-state index contributed by atoms with van der Waals surface area (Å²) >= 11 is 5.74. The molecule has 4 nitrogen and oxygen atoms in total. The fourth-order valence-electron chi connectivity index (χ4n) is 1.22. The summed E-state index contributed by atoms with van der Waals surface area (Å²) in [4.78, 5) is 4.12. The molecule has 0 amide bonds. The van der Waals surface area contributed by atoms with Crippen molar-refractivity contribution in [3.05, 3.63) is 46.3 Å². The Kier molecular flexibility index (Phi) is 2.98. The van der Waals surface area contributed by atoms with Gasteiger partial charge in [-0.1, -0.05) is 23.7 Å². The molecular formula is C10H9ClN2O2S. The first-order valence-electron chi connectivity index (χ1n) is 4.55. The first-order chi connectivity index (χ1) is 7.55. The highest BCUT2D eigenvalue weighted by molar-refractivity contribution is 7.93. The predicted molar refractivity (Wildman–Crippen MR) is 63.8 cm³/mol. The van der Waals surface area contributed by atoms with Gasteiger partial charge in [0.2, 0.25) is 0 Å². The van der Waals surface area contributed by atoms with Gasteiger partial charge in [0.15, 0.2) is 0 Å². The Morgan fingerprint density at radius 1 is 1.25 bits per heavy atom. The van der Waals surface area contributed by atoms with Crippen molar-refractivity contribution in [2.75, 3.05) is 0 Å². The summed E-state index contributed by atoms with van der Waals surface area (Å²) in [5, 5.41) is 1.76. The van der Waals surface area contributed by atoms with Crippen molar-refractivity contribution in [3.8, 4) is 0 Å². The number of hydrogen-bond donors (Lipinski definition) is 1. The normalized spacial score (nSPS) is 19.9. The number of nitrogens with one attached hydrogen (secondary N) is 1. The SMILES string of the molecule is O=S1(=O)C=CC(=NCc2ccc(Cl)cc2)N1. The molecule has 6 heteroatoms. The third-order valence-electron chi connectivity index (χ3n) is 2.00. The molecule has 0 aliphatic carbocycles. The highest BCUT2D eigenvalue weighted by Gasteiger charge is 2.13. The molecule has 1 aliphatic heterocycles. The zero-order chi connectivity index (χ0) is 11.6. The minimum atomic E-state index is -3.29. The van der Waals surface area contributed by atoms with Gasteiger partial charge in [-0.2, -0.15) is 0 Å². The Labute approximate surface area is 98.7 Å². The van der Waals surface area contributed by atoms with E-state index in [1.165, 1.54) is 6.08 Å². The molecule has 1 aliphatic rings. The van der Waals surface area contributed by atoms with Crippen molar-refractivity contribution in [3.63, 3.8) is 0 Å². The summed E-state index contributed by atoms with van der Waals surface area (Å²) in [6, 6.07) is 7.23. The van der Waals surface area contributed by atoms with E-state index < -0.39 is 10.0 Å². The maximum Gasteiger partial charge on any atom is 0.256 e. The largest absolute Gasteiger partial charge is 0.264 e. The zero-order valence-electron chi connectivity index (χ0n) is 8.22. The lowest BCUT2D eigenvalue weighted by molar-refractivity contribution is 0.602. The van der Waals surface area contributed by atoms with Crippen LogP contribution in [0.15, 0.2) is 40.7 Å². The second-order valence-corrected chi connectivity index (χ2v) is 5.28. The minimum absolute atomic E-state index is 0.356. The van der Waals surface area contributed by atoms with Crippen molar-refractivity contribution < 1.29 is 8.42 Å². The van der Waals surface area contributed by atoms with Gasteiger partial charge in [-0.15, -0.1) is 0 Å². The molecule has 0 radical (unpaired) electrons. The first-order valence-corrected chi connectivity index (χ1v) is 6.47. The first kappa shape index (κ1) is 11.2. The maximum atomic E-state index is 11.0. The fraction of sp³-hybridized carbons (Fsp3) is 0.100. The standard InChI is InChI=1S/C10H9ClN2O2S/c11-9-3-1-8(2-4-9)7-12-10-5-6-16(14,15)13-10/h1-6H,7H2,(H,12,13). The number of amidine groups is 1. The molecule has 1 heterocycles. The quantitative estimate of drug-likeness (QED) is 0.875. The van der Waals surface area contributed by atoms with Crippen LogP contribution < -0.4 is 4.72 Å². The molecule has 0 bridgehead atoms. The third kappa shape index (κ3) is 2.84. The summed E-state index contributed by atoms with van der Waals surface area (Å²) in [6.45, 7) is 0.416. The summed E-state index contributed by atoms with van der Waals surface area (Å²) in [7, 11) is -3.29. The third-order valence-corrected chi connectivity index (χ3v) is 3.24. The average Bonchev–Trinajstić information content (AvgIpc) is 2.58. The Morgan fingerprint density at radius 3 is 2.50 bits per heavy atom. The summed E-state index contributed by atoms with van der Waals surface area (Å²) in [5.41, 5.74) is 0.969. The lowest BCUT2D eigenvalue weighted by Crippen LogP contribution is -2.21. The molecule has 0 atom stereocenters. The number of halogens is 1. The Bertz CT molecular complexity index is 547. The van der Waals surface area contributed by atoms with Crippen molar-refractivity contribution in [1.82, 2.24) is 4.72 Å². The average molecular weight is 257 g/mol. The Hall–Kier alpha value is -1.33. The van der Waals surface area contributed by atoms with Gasteiger partial charge in [-0.3, -0.25) is 9.71 Å². The van der Waals surface area contributed by atoms with E-state index in [9.17, 15) is 8.42 Å². The number of sulfonamides is 1. The zero-order valence-corrected chi connectivity index (χ0v) is 9.79. The number of rotatable bonds is 2. The van der Waals surface area contributed by atoms with Crippen molar-refractivity contribution >= 4 is 27.5 Å². The monoisotopic (exact) mass is 256 g/mol. The smallest absolute Gasteiger partial charge is 0.256 e. The van der Waals surface area contributed by atoms with E-state index in [2.05, 4.69) is 9.71 Å². The maximum absolute atomic E-state index is 11.0. The topological polar surface area (TPSA) is 58.5 Å². The summed E-state index contributed by atoms with van der Waals surface area (Å²) in [6.07, 6.45) is 1.44. The highest BCUT2D eigenvalue weighted by atomic mass is 35.5. The van der Waals surface area contributed by atoms with Gasteiger partial charge in [0.25, 0.3) is 10.0 Å². The van der Waals surface area contributed by atoms with E-state index in [1.807, 2.05) is 12.1 Å². The van der Waals surface area contributed by atoms with Crippen LogP contribution in [0.25, 0.3) is 0 Å². The van der Waals surface area contributed by atoms with Gasteiger partial charge in [-0.25, -0.2) is 8.42 Å². The lowest BCUT2D eigenvalue weighted by atomic mass is 10.2. The van der Waals surface area contributed by atoms with Gasteiger partial charge >= 0.3 is 0 Å². The van der Waals surface area contributed by atoms with E-state index in [4.69, 9.17) is 11.6 Å². The molecule has 2 rings (SSSR count). The molecule has 1 N–H and O–H groups in total. The van der Waals surface area contributed by atoms with Crippen LogP contribution in [0.1, 0.15) is 5.56 Å². The van der Waals surface area contributed by atoms with E-state index in [0.29, 0.717) is 17.4 Å². The van der Waals surface area contributed by atoms with Gasteiger partial charge in [0.1, 0.15) is 5.84 Å². The van der Waals surface area contributed by atoms with Crippen LogP contribution in [-0.4, -0.2) is 14.3 Å². The molecule has 0 saturated carbocycles. The molecule has 0 saturated heterocycles. The van der Waals surface area contributed by atoms with Crippen LogP contribution in [0, 0.1) is 0 Å². The fourth-order valence-corrected chi connectivity index (χ4v) is 2.15. The second kappa shape index (κ2) is 4.27. The molecular weight excluding hydrogens is 248 g/mol. The van der Waals surface area contributed by atoms with Crippen molar-refractivity contribution in [2.45, 2.75) is 6.54 Å². The summed E-state index contributed by atoms with van der Waals surface area (Å²) < 4.78 is 24.3. The predicted octanol–water partition coefficient (Wildman–Crippen LogP) is 1.69. The molecule has 16 heavy (non-hydrogen) atoms. The number of aliphatic imine (C=N–C) groups is 1. The van der Waals surface area contributed by atoms with Crippen LogP contribution in [-0.2, 0) is 16.6 Å². The Balaban J connectivity index is 2.06. The van der Waals surface area contributed by atoms with E-state index in [1.54, 1.807) is 12.1 Å². The van der Waals surface area contributed by atoms with Crippen molar-refractivity contribution in [1.29, 1.82) is 0 Å². The van der Waals surface area contributed by atoms with Crippen LogP contribution in [0.3, 0.4) is 0 Å². The number of benzene rings is 1. The number of hydrogen-bond acceptors (Lipinski definition) is 3.